The zero-order valence-electron chi connectivity index (χ0n) is 6.30. The van der Waals surface area contributed by atoms with Crippen molar-refractivity contribution < 1.29 is 4.74 Å². The number of hydrogen-bond donors (Lipinski definition) is 0. The van der Waals surface area contributed by atoms with Crippen molar-refractivity contribution in [2.75, 3.05) is 13.2 Å². The zero-order chi connectivity index (χ0) is 6.53. The van der Waals surface area contributed by atoms with Gasteiger partial charge in [-0.15, -0.1) is 12.4 Å². The molecule has 0 aliphatic carbocycles. The lowest BCUT2D eigenvalue weighted by Crippen LogP contribution is -2.09. The van der Waals surface area contributed by atoms with E-state index in [4.69, 9.17) is 4.74 Å². The van der Waals surface area contributed by atoms with Gasteiger partial charge in [0.25, 0.3) is 0 Å². The van der Waals surface area contributed by atoms with Crippen molar-refractivity contribution in [1.82, 2.24) is 0 Å². The molecule has 0 aromatic carbocycles. The number of ether oxygens (including phenoxy) is 1. The Kier molecular flexibility index (Phi) is 5.40. The average molecular weight is 164 g/mol. The molecular formula is C7H14ClNO. The fourth-order valence-electron chi connectivity index (χ4n) is 0.955. The first-order chi connectivity index (χ1) is 4.43. The number of halogens is 1. The van der Waals surface area contributed by atoms with Crippen LogP contribution in [0.25, 0.3) is 0 Å². The summed E-state index contributed by atoms with van der Waals surface area (Å²) in [5, 5.41) is 0. The summed E-state index contributed by atoms with van der Waals surface area (Å²) >= 11 is 0. The van der Waals surface area contributed by atoms with Gasteiger partial charge < -0.3 is 4.74 Å². The summed E-state index contributed by atoms with van der Waals surface area (Å²) in [6.45, 7) is 3.73. The van der Waals surface area contributed by atoms with Gasteiger partial charge in [-0.25, -0.2) is 0 Å². The fraction of sp³-hybridized carbons (Fsp3) is 0.857. The third-order valence-electron chi connectivity index (χ3n) is 1.40. The minimum absolute atomic E-state index is 0. The van der Waals surface area contributed by atoms with Crippen LogP contribution < -0.4 is 0 Å². The van der Waals surface area contributed by atoms with E-state index in [0.29, 0.717) is 0 Å². The molecule has 2 nitrogen and oxygen atoms in total. The zero-order valence-corrected chi connectivity index (χ0v) is 7.12. The number of nitrogens with zero attached hydrogens (tertiary/aromatic N) is 1. The van der Waals surface area contributed by atoms with Crippen molar-refractivity contribution in [3.05, 3.63) is 0 Å². The Hall–Kier alpha value is -0.240. The highest BCUT2D eigenvalue weighted by Crippen LogP contribution is 2.05. The van der Waals surface area contributed by atoms with Crippen LogP contribution in [0.4, 0.5) is 0 Å². The number of aliphatic imine (C=N–C) groups is 1. The minimum atomic E-state index is 0. The molecule has 0 saturated heterocycles. The van der Waals surface area contributed by atoms with Gasteiger partial charge in [0.1, 0.15) is 0 Å². The minimum Gasteiger partial charge on any atom is -0.481 e. The van der Waals surface area contributed by atoms with Gasteiger partial charge in [0, 0.05) is 13.0 Å². The second-order valence-electron chi connectivity index (χ2n) is 2.17. The Labute approximate surface area is 68.1 Å². The van der Waals surface area contributed by atoms with Crippen LogP contribution >= 0.6 is 12.4 Å². The summed E-state index contributed by atoms with van der Waals surface area (Å²) in [5.74, 6) is 0.962. The van der Waals surface area contributed by atoms with Gasteiger partial charge in [0.2, 0.25) is 0 Å². The number of hydrogen-bond acceptors (Lipinski definition) is 2. The molecule has 1 heterocycles. The lowest BCUT2D eigenvalue weighted by atomic mass is 10.2. The normalized spacial score (nSPS) is 17.1. The van der Waals surface area contributed by atoms with Crippen LogP contribution in [0.5, 0.6) is 0 Å². The standard InChI is InChI=1S/C7H13NO.ClH/c1-2-9-7-5-3-4-6-8-7;/h2-6H2,1H3;1H. The average Bonchev–Trinajstić information content (AvgIpc) is 1.91. The maximum atomic E-state index is 5.23. The third-order valence-corrected chi connectivity index (χ3v) is 1.40. The number of rotatable bonds is 1. The third kappa shape index (κ3) is 3.06. The van der Waals surface area contributed by atoms with Gasteiger partial charge in [-0.1, -0.05) is 0 Å². The van der Waals surface area contributed by atoms with Gasteiger partial charge in [-0.3, -0.25) is 4.99 Å². The lowest BCUT2D eigenvalue weighted by Gasteiger charge is -2.10. The molecule has 3 heteroatoms. The molecule has 60 valence electrons. The van der Waals surface area contributed by atoms with Crippen molar-refractivity contribution in [3.8, 4) is 0 Å². The van der Waals surface area contributed by atoms with Crippen molar-refractivity contribution in [2.24, 2.45) is 4.99 Å². The molecule has 0 unspecified atom stereocenters. The summed E-state index contributed by atoms with van der Waals surface area (Å²) in [7, 11) is 0. The largest absolute Gasteiger partial charge is 0.481 e. The fourth-order valence-corrected chi connectivity index (χ4v) is 0.955. The van der Waals surface area contributed by atoms with Gasteiger partial charge in [0.05, 0.1) is 6.61 Å². The van der Waals surface area contributed by atoms with Gasteiger partial charge in [-0.05, 0) is 19.8 Å². The van der Waals surface area contributed by atoms with Crippen molar-refractivity contribution >= 4 is 18.3 Å². The van der Waals surface area contributed by atoms with Gasteiger partial charge in [-0.2, -0.15) is 0 Å². The van der Waals surface area contributed by atoms with E-state index in [0.717, 1.165) is 25.5 Å². The van der Waals surface area contributed by atoms with E-state index in [9.17, 15) is 0 Å². The maximum absolute atomic E-state index is 5.23. The highest BCUT2D eigenvalue weighted by molar-refractivity contribution is 5.85. The summed E-state index contributed by atoms with van der Waals surface area (Å²) in [4.78, 5) is 4.21. The van der Waals surface area contributed by atoms with E-state index in [-0.39, 0.29) is 12.4 Å². The maximum Gasteiger partial charge on any atom is 0.183 e. The topological polar surface area (TPSA) is 21.6 Å². The van der Waals surface area contributed by atoms with Crippen LogP contribution in [-0.4, -0.2) is 19.0 Å². The molecular weight excluding hydrogens is 150 g/mol. The molecule has 10 heavy (non-hydrogen) atoms. The molecule has 0 fully saturated rings. The molecule has 1 aliphatic rings. The highest BCUT2D eigenvalue weighted by Gasteiger charge is 2.03. The Bertz CT molecular complexity index is 114. The Morgan fingerprint density at radius 2 is 2.30 bits per heavy atom. The SMILES string of the molecule is CCOC1=NCCCC1.Cl. The molecule has 0 aromatic rings. The van der Waals surface area contributed by atoms with Crippen molar-refractivity contribution in [3.63, 3.8) is 0 Å². The van der Waals surface area contributed by atoms with E-state index in [1.165, 1.54) is 12.8 Å². The quantitative estimate of drug-likeness (QED) is 0.580. The van der Waals surface area contributed by atoms with E-state index in [2.05, 4.69) is 4.99 Å². The Morgan fingerprint density at radius 3 is 2.80 bits per heavy atom. The van der Waals surface area contributed by atoms with Crippen LogP contribution in [0.1, 0.15) is 26.2 Å². The summed E-state index contributed by atoms with van der Waals surface area (Å²) in [6, 6.07) is 0. The first kappa shape index (κ1) is 9.76. The molecule has 0 saturated carbocycles. The molecule has 1 rings (SSSR count). The molecule has 0 spiro atoms. The Balaban J connectivity index is 0.000000810. The van der Waals surface area contributed by atoms with Crippen LogP contribution in [0.15, 0.2) is 4.99 Å². The van der Waals surface area contributed by atoms with E-state index < -0.39 is 0 Å². The van der Waals surface area contributed by atoms with Crippen LogP contribution in [0, 0.1) is 0 Å². The van der Waals surface area contributed by atoms with Crippen molar-refractivity contribution in [2.45, 2.75) is 26.2 Å². The smallest absolute Gasteiger partial charge is 0.183 e. The van der Waals surface area contributed by atoms with Gasteiger partial charge >= 0.3 is 0 Å². The molecule has 0 amide bonds. The van der Waals surface area contributed by atoms with Crippen LogP contribution in [0.2, 0.25) is 0 Å². The predicted molar refractivity (Wildman–Crippen MR) is 45.0 cm³/mol. The van der Waals surface area contributed by atoms with Crippen LogP contribution in [-0.2, 0) is 4.74 Å². The first-order valence-electron chi connectivity index (χ1n) is 3.59. The molecule has 0 bridgehead atoms. The van der Waals surface area contributed by atoms with E-state index in [1.807, 2.05) is 6.92 Å². The first-order valence-corrected chi connectivity index (χ1v) is 3.59. The highest BCUT2D eigenvalue weighted by atomic mass is 35.5. The monoisotopic (exact) mass is 163 g/mol. The predicted octanol–water partition coefficient (Wildman–Crippen LogP) is 2.03. The van der Waals surface area contributed by atoms with Crippen LogP contribution in [0.3, 0.4) is 0 Å². The molecule has 0 N–H and O–H groups in total. The molecule has 0 atom stereocenters. The molecule has 0 radical (unpaired) electrons. The summed E-state index contributed by atoms with van der Waals surface area (Å²) < 4.78 is 5.23. The lowest BCUT2D eigenvalue weighted by molar-refractivity contribution is 0.310. The Morgan fingerprint density at radius 1 is 1.50 bits per heavy atom. The summed E-state index contributed by atoms with van der Waals surface area (Å²) in [5.41, 5.74) is 0. The van der Waals surface area contributed by atoms with E-state index >= 15 is 0 Å². The van der Waals surface area contributed by atoms with Gasteiger partial charge in [0.15, 0.2) is 5.90 Å². The second kappa shape index (κ2) is 5.54. The molecule has 1 aliphatic heterocycles. The summed E-state index contributed by atoms with van der Waals surface area (Å²) in [6.07, 6.45) is 3.53. The second-order valence-corrected chi connectivity index (χ2v) is 2.17. The molecule has 0 aromatic heterocycles. The van der Waals surface area contributed by atoms with Crippen molar-refractivity contribution in [1.29, 1.82) is 0 Å². The van der Waals surface area contributed by atoms with E-state index in [1.54, 1.807) is 0 Å².